The second-order valence-corrected chi connectivity index (χ2v) is 6.85. The van der Waals surface area contributed by atoms with Gasteiger partial charge in [-0.1, -0.05) is 30.0 Å². The van der Waals surface area contributed by atoms with Crippen molar-refractivity contribution in [3.8, 4) is 11.5 Å². The summed E-state index contributed by atoms with van der Waals surface area (Å²) in [6.45, 7) is 3.42. The summed E-state index contributed by atoms with van der Waals surface area (Å²) >= 11 is 0.948. The molecule has 10 heteroatoms. The number of nitro groups is 1. The van der Waals surface area contributed by atoms with Crippen LogP contribution in [0.4, 0.5) is 15.8 Å². The van der Waals surface area contributed by atoms with E-state index in [4.69, 9.17) is 4.42 Å². The van der Waals surface area contributed by atoms with Crippen molar-refractivity contribution in [2.45, 2.75) is 19.1 Å². The molecule has 8 nitrogen and oxygen atoms in total. The number of amides is 1. The average Bonchev–Trinajstić information content (AvgIpc) is 3.11. The molecule has 0 radical (unpaired) electrons. The molecule has 3 rings (SSSR count). The Labute approximate surface area is 163 Å². The molecule has 0 bridgehead atoms. The number of nitrogens with zero attached hydrogens (tertiary/aromatic N) is 3. The number of nitro benzene ring substituents is 1. The van der Waals surface area contributed by atoms with E-state index < -0.39 is 16.6 Å². The molecule has 0 saturated heterocycles. The van der Waals surface area contributed by atoms with E-state index in [0.717, 1.165) is 17.3 Å². The molecule has 1 N–H and O–H groups in total. The Hall–Kier alpha value is -3.27. The summed E-state index contributed by atoms with van der Waals surface area (Å²) in [4.78, 5) is 22.9. The Morgan fingerprint density at radius 1 is 1.29 bits per heavy atom. The number of hydrogen-bond acceptors (Lipinski definition) is 7. The predicted octanol–water partition coefficient (Wildman–Crippen LogP) is 4.13. The minimum atomic E-state index is -0.540. The van der Waals surface area contributed by atoms with Crippen LogP contribution in [-0.2, 0) is 4.79 Å². The van der Waals surface area contributed by atoms with Gasteiger partial charge in [-0.05, 0) is 37.1 Å². The van der Waals surface area contributed by atoms with E-state index in [2.05, 4.69) is 15.5 Å². The lowest BCUT2D eigenvalue weighted by molar-refractivity contribution is -0.384. The third-order valence-corrected chi connectivity index (χ3v) is 4.58. The van der Waals surface area contributed by atoms with E-state index in [0.29, 0.717) is 5.56 Å². The van der Waals surface area contributed by atoms with E-state index in [9.17, 15) is 19.3 Å². The minimum absolute atomic E-state index is 0.00558. The van der Waals surface area contributed by atoms with Crippen molar-refractivity contribution in [3.05, 3.63) is 63.5 Å². The second kappa shape index (κ2) is 8.17. The lowest BCUT2D eigenvalue weighted by Crippen LogP contribution is -2.16. The van der Waals surface area contributed by atoms with Crippen LogP contribution in [0.1, 0.15) is 11.1 Å². The summed E-state index contributed by atoms with van der Waals surface area (Å²) in [6, 6.07) is 9.10. The summed E-state index contributed by atoms with van der Waals surface area (Å²) in [5, 5.41) is 21.4. The summed E-state index contributed by atoms with van der Waals surface area (Å²) in [5.74, 6) is -1.07. The number of nitrogens with one attached hydrogen (secondary N) is 1. The van der Waals surface area contributed by atoms with Gasteiger partial charge in [0.25, 0.3) is 16.8 Å². The fourth-order valence-electron chi connectivity index (χ4n) is 2.57. The van der Waals surface area contributed by atoms with Crippen LogP contribution >= 0.6 is 11.8 Å². The molecule has 1 amide bonds. The van der Waals surface area contributed by atoms with Gasteiger partial charge in [-0.25, -0.2) is 4.39 Å². The molecule has 0 unspecified atom stereocenters. The highest BCUT2D eigenvalue weighted by molar-refractivity contribution is 7.99. The number of rotatable bonds is 6. The standard InChI is InChI=1S/C18H15FN4O4S/c1-10-7-11(2)16(14(8-10)23(25)26)20-15(24)9-28-18-22-21-17(27-18)12-5-3-4-6-13(12)19/h3-8H,9H2,1-2H3,(H,20,24). The first-order chi connectivity index (χ1) is 13.3. The molecule has 0 fully saturated rings. The maximum absolute atomic E-state index is 13.8. The van der Waals surface area contributed by atoms with E-state index in [1.807, 2.05) is 0 Å². The largest absolute Gasteiger partial charge is 0.411 e. The molecule has 2 aromatic carbocycles. The third-order valence-electron chi connectivity index (χ3n) is 3.76. The number of anilines is 1. The molecule has 28 heavy (non-hydrogen) atoms. The molecule has 3 aromatic rings. The highest BCUT2D eigenvalue weighted by atomic mass is 32.2. The van der Waals surface area contributed by atoms with Gasteiger partial charge in [0.2, 0.25) is 5.91 Å². The topological polar surface area (TPSA) is 111 Å². The predicted molar refractivity (Wildman–Crippen MR) is 102 cm³/mol. The van der Waals surface area contributed by atoms with Crippen LogP contribution in [-0.4, -0.2) is 26.8 Å². The number of benzene rings is 2. The summed E-state index contributed by atoms with van der Waals surface area (Å²) in [6.07, 6.45) is 0. The number of aromatic nitrogens is 2. The first-order valence-corrected chi connectivity index (χ1v) is 9.10. The first-order valence-electron chi connectivity index (χ1n) is 8.12. The van der Waals surface area contributed by atoms with E-state index in [1.165, 1.54) is 18.2 Å². The van der Waals surface area contributed by atoms with Crippen LogP contribution in [0.3, 0.4) is 0 Å². The number of thioether (sulfide) groups is 1. The zero-order valence-electron chi connectivity index (χ0n) is 14.9. The van der Waals surface area contributed by atoms with Gasteiger partial charge in [0.1, 0.15) is 11.5 Å². The SMILES string of the molecule is Cc1cc(C)c(NC(=O)CSc2nnc(-c3ccccc3F)o2)c([N+](=O)[O-])c1. The fourth-order valence-corrected chi connectivity index (χ4v) is 3.13. The van der Waals surface area contributed by atoms with E-state index in [1.54, 1.807) is 32.0 Å². The van der Waals surface area contributed by atoms with E-state index >= 15 is 0 Å². The fraction of sp³-hybridized carbons (Fsp3) is 0.167. The number of halogens is 1. The minimum Gasteiger partial charge on any atom is -0.411 e. The molecule has 0 atom stereocenters. The maximum atomic E-state index is 13.8. The smallest absolute Gasteiger partial charge is 0.293 e. The molecular formula is C18H15FN4O4S. The van der Waals surface area contributed by atoms with Crippen molar-refractivity contribution in [3.63, 3.8) is 0 Å². The molecule has 1 heterocycles. The van der Waals surface area contributed by atoms with Crippen LogP contribution < -0.4 is 5.32 Å². The van der Waals surface area contributed by atoms with E-state index in [-0.39, 0.29) is 33.8 Å². The van der Waals surface area contributed by atoms with Crippen LogP contribution in [0.5, 0.6) is 0 Å². The van der Waals surface area contributed by atoms with Crippen molar-refractivity contribution in [1.82, 2.24) is 10.2 Å². The maximum Gasteiger partial charge on any atom is 0.293 e. The van der Waals surface area contributed by atoms with Crippen molar-refractivity contribution in [1.29, 1.82) is 0 Å². The molecule has 0 aliphatic rings. The quantitative estimate of drug-likeness (QED) is 0.375. The first kappa shape index (κ1) is 19.5. The molecular weight excluding hydrogens is 387 g/mol. The lowest BCUT2D eigenvalue weighted by atomic mass is 10.1. The zero-order chi connectivity index (χ0) is 20.3. The van der Waals surface area contributed by atoms with Crippen LogP contribution in [0, 0.1) is 29.8 Å². The summed E-state index contributed by atoms with van der Waals surface area (Å²) < 4.78 is 19.1. The molecule has 1 aromatic heterocycles. The van der Waals surface area contributed by atoms with Crippen LogP contribution in [0.15, 0.2) is 46.0 Å². The van der Waals surface area contributed by atoms with Crippen molar-refractivity contribution >= 4 is 29.0 Å². The number of aryl methyl sites for hydroxylation is 2. The number of carbonyl (C=O) groups excluding carboxylic acids is 1. The molecule has 144 valence electrons. The van der Waals surface area contributed by atoms with Gasteiger partial charge >= 0.3 is 0 Å². The Balaban J connectivity index is 1.68. The monoisotopic (exact) mass is 402 g/mol. The number of hydrogen-bond donors (Lipinski definition) is 1. The Bertz CT molecular complexity index is 1050. The molecule has 0 aliphatic heterocycles. The van der Waals surface area contributed by atoms with Gasteiger partial charge in [-0.15, -0.1) is 10.2 Å². The lowest BCUT2D eigenvalue weighted by Gasteiger charge is -2.09. The zero-order valence-corrected chi connectivity index (χ0v) is 15.7. The molecule has 0 spiro atoms. The van der Waals surface area contributed by atoms with Crippen molar-refractivity contribution in [2.75, 3.05) is 11.1 Å². The Morgan fingerprint density at radius 3 is 2.75 bits per heavy atom. The normalized spacial score (nSPS) is 10.7. The van der Waals surface area contributed by atoms with Gasteiger partial charge in [-0.3, -0.25) is 14.9 Å². The van der Waals surface area contributed by atoms with Crippen molar-refractivity contribution in [2.24, 2.45) is 0 Å². The van der Waals surface area contributed by atoms with Gasteiger partial charge in [0, 0.05) is 6.07 Å². The van der Waals surface area contributed by atoms with Crippen molar-refractivity contribution < 1.29 is 18.5 Å². The summed E-state index contributed by atoms with van der Waals surface area (Å²) in [5.41, 5.74) is 1.46. The second-order valence-electron chi connectivity index (χ2n) is 5.92. The third kappa shape index (κ3) is 4.34. The van der Waals surface area contributed by atoms with Gasteiger partial charge in [-0.2, -0.15) is 0 Å². The Morgan fingerprint density at radius 2 is 2.04 bits per heavy atom. The molecule has 0 aliphatic carbocycles. The average molecular weight is 402 g/mol. The van der Waals surface area contributed by atoms with Crippen LogP contribution in [0.25, 0.3) is 11.5 Å². The summed E-state index contributed by atoms with van der Waals surface area (Å²) in [7, 11) is 0. The Kier molecular flexibility index (Phi) is 5.69. The highest BCUT2D eigenvalue weighted by Gasteiger charge is 2.20. The van der Waals surface area contributed by atoms with Gasteiger partial charge in [0.15, 0.2) is 0 Å². The van der Waals surface area contributed by atoms with Gasteiger partial charge in [0.05, 0.1) is 16.2 Å². The van der Waals surface area contributed by atoms with Gasteiger partial charge < -0.3 is 9.73 Å². The van der Waals surface area contributed by atoms with Crippen LogP contribution in [0.2, 0.25) is 0 Å². The number of carbonyl (C=O) groups is 1. The molecule has 0 saturated carbocycles. The highest BCUT2D eigenvalue weighted by Crippen LogP contribution is 2.30.